The Morgan fingerprint density at radius 3 is 2.62 bits per heavy atom. The van der Waals surface area contributed by atoms with Gasteiger partial charge < -0.3 is 10.0 Å². The van der Waals surface area contributed by atoms with Gasteiger partial charge in [0.15, 0.2) is 11.8 Å². The number of hydrogen-bond acceptors (Lipinski definition) is 2. The quantitative estimate of drug-likeness (QED) is 0.624. The van der Waals surface area contributed by atoms with Gasteiger partial charge in [-0.25, -0.2) is 8.78 Å². The van der Waals surface area contributed by atoms with E-state index in [4.69, 9.17) is 10.0 Å². The fraction of sp³-hybridized carbons (Fsp3) is 0.250. The van der Waals surface area contributed by atoms with E-state index in [1.165, 1.54) is 12.2 Å². The topological polar surface area (TPSA) is 40.5 Å². The van der Waals surface area contributed by atoms with Gasteiger partial charge in [-0.15, -0.1) is 0 Å². The Labute approximate surface area is 75.0 Å². The summed E-state index contributed by atoms with van der Waals surface area (Å²) in [6, 6.07) is 0. The van der Waals surface area contributed by atoms with Crippen molar-refractivity contribution in [3.05, 3.63) is 36.4 Å². The Morgan fingerprint density at radius 1 is 1.38 bits per heavy atom. The van der Waals surface area contributed by atoms with E-state index in [2.05, 4.69) is 0 Å². The zero-order valence-electron chi connectivity index (χ0n) is 6.77. The Balaban J connectivity index is 2.76. The lowest BCUT2D eigenvalue weighted by molar-refractivity contribution is 0.173. The molecule has 2 nitrogen and oxygen atoms in total. The van der Waals surface area contributed by atoms with Crippen LogP contribution in [0.5, 0.6) is 0 Å². The molecule has 0 bridgehead atoms. The molecule has 0 radical (unpaired) electrons. The highest BCUT2D eigenvalue weighted by Crippen LogP contribution is 2.27. The summed E-state index contributed by atoms with van der Waals surface area (Å²) in [5, 5.41) is 16.8. The average Bonchev–Trinajstić information content (AvgIpc) is 2.07. The molecule has 0 aliphatic heterocycles. The lowest BCUT2D eigenvalue weighted by Gasteiger charge is -2.21. The third-order valence-corrected chi connectivity index (χ3v) is 1.69. The SMILES string of the molecule is OB(O)C=CC1(F)C=CC=CC1F. The standard InChI is InChI=1S/C8H9BF2O2/c10-7-3-1-2-4-8(7,11)5-6-9(12)13/h1-7,12-13H. The van der Waals surface area contributed by atoms with Crippen LogP contribution in [0.3, 0.4) is 0 Å². The predicted molar refractivity (Wildman–Crippen MR) is 46.3 cm³/mol. The molecule has 0 spiro atoms. The maximum Gasteiger partial charge on any atom is 0.480 e. The zero-order valence-corrected chi connectivity index (χ0v) is 6.77. The molecule has 5 heteroatoms. The van der Waals surface area contributed by atoms with Gasteiger partial charge in [0.25, 0.3) is 0 Å². The molecule has 1 aliphatic carbocycles. The Bertz CT molecular complexity index is 263. The molecule has 0 aromatic heterocycles. The minimum Gasteiger partial charge on any atom is -0.424 e. The van der Waals surface area contributed by atoms with Gasteiger partial charge in [0, 0.05) is 0 Å². The first-order valence-electron chi connectivity index (χ1n) is 3.79. The lowest BCUT2D eigenvalue weighted by Crippen LogP contribution is -2.31. The van der Waals surface area contributed by atoms with E-state index in [1.807, 2.05) is 0 Å². The number of alkyl halides is 2. The van der Waals surface area contributed by atoms with Crippen molar-refractivity contribution in [1.29, 1.82) is 0 Å². The molecule has 0 amide bonds. The van der Waals surface area contributed by atoms with E-state index in [-0.39, 0.29) is 0 Å². The van der Waals surface area contributed by atoms with E-state index >= 15 is 0 Å². The summed E-state index contributed by atoms with van der Waals surface area (Å²) in [5.41, 5.74) is -2.27. The Hall–Kier alpha value is -0.935. The van der Waals surface area contributed by atoms with Crippen LogP contribution in [0.1, 0.15) is 0 Å². The molecule has 0 saturated heterocycles. The highest BCUT2D eigenvalue weighted by molar-refractivity contribution is 6.47. The van der Waals surface area contributed by atoms with Crippen molar-refractivity contribution in [3.8, 4) is 0 Å². The molecule has 1 rings (SSSR count). The fourth-order valence-corrected chi connectivity index (χ4v) is 0.985. The van der Waals surface area contributed by atoms with Gasteiger partial charge in [0.1, 0.15) is 0 Å². The van der Waals surface area contributed by atoms with Crippen LogP contribution >= 0.6 is 0 Å². The molecule has 2 unspecified atom stereocenters. The highest BCUT2D eigenvalue weighted by Gasteiger charge is 2.34. The summed E-state index contributed by atoms with van der Waals surface area (Å²) < 4.78 is 26.5. The highest BCUT2D eigenvalue weighted by atomic mass is 19.2. The van der Waals surface area contributed by atoms with Crippen LogP contribution in [0.25, 0.3) is 0 Å². The molecule has 0 fully saturated rings. The van der Waals surface area contributed by atoms with E-state index in [0.717, 1.165) is 24.2 Å². The van der Waals surface area contributed by atoms with E-state index in [0.29, 0.717) is 0 Å². The second kappa shape index (κ2) is 3.85. The first kappa shape index (κ1) is 10.1. The molecule has 13 heavy (non-hydrogen) atoms. The number of rotatable bonds is 2. The minimum absolute atomic E-state index is 0.788. The second-order valence-corrected chi connectivity index (χ2v) is 2.75. The molecule has 0 aromatic carbocycles. The van der Waals surface area contributed by atoms with Gasteiger partial charge in [0.2, 0.25) is 0 Å². The lowest BCUT2D eigenvalue weighted by atomic mass is 9.86. The van der Waals surface area contributed by atoms with Crippen molar-refractivity contribution >= 4 is 7.12 Å². The Kier molecular flexibility index (Phi) is 3.00. The van der Waals surface area contributed by atoms with Crippen LogP contribution in [0.15, 0.2) is 36.4 Å². The number of halogens is 2. The van der Waals surface area contributed by atoms with Gasteiger partial charge >= 0.3 is 7.12 Å². The molecular formula is C8H9BF2O2. The molecule has 0 saturated carbocycles. The molecule has 2 atom stereocenters. The maximum atomic E-state index is 13.5. The summed E-state index contributed by atoms with van der Waals surface area (Å²) in [7, 11) is -1.76. The first-order valence-corrected chi connectivity index (χ1v) is 3.79. The number of allylic oxidation sites excluding steroid dienone is 5. The maximum absolute atomic E-state index is 13.5. The van der Waals surface area contributed by atoms with Crippen LogP contribution in [0, 0.1) is 0 Å². The summed E-state index contributed by atoms with van der Waals surface area (Å²) in [6.07, 6.45) is 3.86. The van der Waals surface area contributed by atoms with E-state index in [1.54, 1.807) is 0 Å². The van der Waals surface area contributed by atoms with Gasteiger partial charge in [0.05, 0.1) is 0 Å². The third kappa shape index (κ3) is 2.50. The summed E-state index contributed by atoms with van der Waals surface area (Å²) in [5.74, 6) is 0.788. The van der Waals surface area contributed by atoms with Crippen molar-refractivity contribution in [2.45, 2.75) is 11.8 Å². The number of hydrogen-bond donors (Lipinski definition) is 2. The van der Waals surface area contributed by atoms with Crippen molar-refractivity contribution in [3.63, 3.8) is 0 Å². The van der Waals surface area contributed by atoms with Crippen molar-refractivity contribution in [2.24, 2.45) is 0 Å². The molecule has 0 aromatic rings. The molecule has 0 heterocycles. The van der Waals surface area contributed by atoms with Crippen LogP contribution in [0.4, 0.5) is 8.78 Å². The fourth-order valence-electron chi connectivity index (χ4n) is 0.985. The minimum atomic E-state index is -2.27. The first-order chi connectivity index (χ1) is 6.04. The van der Waals surface area contributed by atoms with Gasteiger partial charge in [-0.3, -0.25) is 0 Å². The largest absolute Gasteiger partial charge is 0.480 e. The molecule has 2 N–H and O–H groups in total. The van der Waals surface area contributed by atoms with E-state index < -0.39 is 19.0 Å². The molecule has 1 aliphatic rings. The van der Waals surface area contributed by atoms with Gasteiger partial charge in [-0.05, 0) is 18.2 Å². The van der Waals surface area contributed by atoms with Gasteiger partial charge in [-0.1, -0.05) is 18.1 Å². The summed E-state index contributed by atoms with van der Waals surface area (Å²) in [4.78, 5) is 0. The zero-order chi connectivity index (χ0) is 9.90. The normalized spacial score (nSPS) is 32.8. The van der Waals surface area contributed by atoms with Crippen LogP contribution < -0.4 is 0 Å². The molecule has 70 valence electrons. The van der Waals surface area contributed by atoms with Gasteiger partial charge in [-0.2, -0.15) is 0 Å². The van der Waals surface area contributed by atoms with Crippen molar-refractivity contribution in [2.75, 3.05) is 0 Å². The average molecular weight is 186 g/mol. The molecular weight excluding hydrogens is 177 g/mol. The van der Waals surface area contributed by atoms with Crippen molar-refractivity contribution < 1.29 is 18.8 Å². The Morgan fingerprint density at radius 2 is 2.08 bits per heavy atom. The monoisotopic (exact) mass is 186 g/mol. The van der Waals surface area contributed by atoms with Crippen molar-refractivity contribution in [1.82, 2.24) is 0 Å². The second-order valence-electron chi connectivity index (χ2n) is 2.75. The van der Waals surface area contributed by atoms with Crippen LogP contribution in [-0.2, 0) is 0 Å². The third-order valence-electron chi connectivity index (χ3n) is 1.69. The van der Waals surface area contributed by atoms with E-state index in [9.17, 15) is 8.78 Å². The smallest absolute Gasteiger partial charge is 0.424 e. The van der Waals surface area contributed by atoms with Crippen LogP contribution in [0.2, 0.25) is 0 Å². The summed E-state index contributed by atoms with van der Waals surface area (Å²) >= 11 is 0. The predicted octanol–water partition coefficient (Wildman–Crippen LogP) is 0.727. The van der Waals surface area contributed by atoms with Crippen LogP contribution in [-0.4, -0.2) is 29.0 Å². The summed E-state index contributed by atoms with van der Waals surface area (Å²) in [6.45, 7) is 0.